The first-order valence-corrected chi connectivity index (χ1v) is 43.3. The van der Waals surface area contributed by atoms with Gasteiger partial charge in [-0.1, -0.05) is 422 Å². The van der Waals surface area contributed by atoms with Crippen LogP contribution in [0.3, 0.4) is 0 Å². The van der Waals surface area contributed by atoms with E-state index in [2.05, 4.69) is 56.2 Å². The molecule has 0 fully saturated rings. The van der Waals surface area contributed by atoms with Crippen LogP contribution in [0, 0.1) is 0 Å². The number of fused-ring (bicyclic) bond motifs is 6. The van der Waals surface area contributed by atoms with Gasteiger partial charge >= 0.3 is 0 Å². The summed E-state index contributed by atoms with van der Waals surface area (Å²) >= 11 is 5.96. The van der Waals surface area contributed by atoms with E-state index in [1.54, 1.807) is 0 Å². The predicted octanol–water partition coefficient (Wildman–Crippen LogP) is 29.5. The van der Waals surface area contributed by atoms with E-state index < -0.39 is 0 Å². The minimum Gasteiger partial charge on any atom is -0.348 e. The van der Waals surface area contributed by atoms with Gasteiger partial charge in [0.25, 0.3) is 0 Å². The summed E-state index contributed by atoms with van der Waals surface area (Å²) in [6.45, 7) is 20.7. The van der Waals surface area contributed by atoms with Crippen LogP contribution >= 0.6 is 34.0 Å². The Hall–Kier alpha value is -1.71. The molecule has 4 aromatic rings. The zero-order valence-corrected chi connectivity index (χ0v) is 63.5. The SMILES string of the molecule is CCCCCCCCCCCCN(CCCCCCCCCCCC)c1nc2c(s1)c1nc(N(CCCCCCCCCCCC)CCCCCCCCCCCC)sc1c1nc(N(CCCCCCCCCCCC)CCCCCCCCCCCC)sc21. The van der Waals surface area contributed by atoms with E-state index in [0.29, 0.717) is 0 Å². The van der Waals surface area contributed by atoms with Crippen molar-refractivity contribution in [3.05, 3.63) is 0 Å². The summed E-state index contributed by atoms with van der Waals surface area (Å²) < 4.78 is 3.99. The van der Waals surface area contributed by atoms with E-state index in [1.165, 1.54) is 431 Å². The van der Waals surface area contributed by atoms with Crippen LogP contribution in [0.15, 0.2) is 0 Å². The average molecular weight is 1300 g/mol. The van der Waals surface area contributed by atoms with E-state index in [1.807, 2.05) is 34.0 Å². The molecule has 0 radical (unpaired) electrons. The molecule has 0 aliphatic rings. The van der Waals surface area contributed by atoms with Gasteiger partial charge in [-0.3, -0.25) is 0 Å². The Morgan fingerprint density at radius 1 is 0.178 bits per heavy atom. The summed E-state index contributed by atoms with van der Waals surface area (Å²) in [6, 6.07) is 0. The van der Waals surface area contributed by atoms with E-state index >= 15 is 0 Å². The molecule has 0 unspecified atom stereocenters. The summed E-state index contributed by atoms with van der Waals surface area (Å²) in [5.41, 5.74) is 3.59. The Bertz CT molecular complexity index is 1770. The minimum atomic E-state index is 1.12. The fourth-order valence-electron chi connectivity index (χ4n) is 13.9. The zero-order chi connectivity index (χ0) is 63.8. The van der Waals surface area contributed by atoms with Gasteiger partial charge in [-0.15, -0.1) is 0 Å². The summed E-state index contributed by atoms with van der Waals surface area (Å²) in [7, 11) is 0. The van der Waals surface area contributed by atoms with E-state index in [9.17, 15) is 0 Å². The number of anilines is 3. The topological polar surface area (TPSA) is 48.4 Å². The highest BCUT2D eigenvalue weighted by Gasteiger charge is 2.26. The molecular weight excluding hydrogens is 1150 g/mol. The van der Waals surface area contributed by atoms with Gasteiger partial charge in [0, 0.05) is 39.3 Å². The third-order valence-electron chi connectivity index (χ3n) is 20.0. The van der Waals surface area contributed by atoms with Gasteiger partial charge in [0.05, 0.1) is 14.1 Å². The van der Waals surface area contributed by atoms with Crippen molar-refractivity contribution < 1.29 is 0 Å². The Morgan fingerprint density at radius 2 is 0.300 bits per heavy atom. The molecule has 0 N–H and O–H groups in total. The van der Waals surface area contributed by atoms with Gasteiger partial charge in [0.1, 0.15) is 16.6 Å². The van der Waals surface area contributed by atoms with Crippen LogP contribution in [-0.4, -0.2) is 54.2 Å². The van der Waals surface area contributed by atoms with Crippen LogP contribution in [0.1, 0.15) is 427 Å². The molecular formula is C81H150N6S3. The summed E-state index contributed by atoms with van der Waals surface area (Å²) in [6.07, 6.45) is 82.7. The molecule has 0 bridgehead atoms. The molecule has 0 aliphatic heterocycles. The number of hydrogen-bond acceptors (Lipinski definition) is 9. The second-order valence-corrected chi connectivity index (χ2v) is 31.5. The number of unbranched alkanes of at least 4 members (excludes halogenated alkanes) is 54. The van der Waals surface area contributed by atoms with Crippen molar-refractivity contribution >= 4 is 80.1 Å². The van der Waals surface area contributed by atoms with Crippen LogP contribution in [-0.2, 0) is 0 Å². The lowest BCUT2D eigenvalue weighted by Crippen LogP contribution is -2.25. The van der Waals surface area contributed by atoms with Crippen molar-refractivity contribution in [1.29, 1.82) is 0 Å². The highest BCUT2D eigenvalue weighted by atomic mass is 32.1. The van der Waals surface area contributed by atoms with Gasteiger partial charge in [-0.05, 0) is 38.5 Å². The minimum absolute atomic E-state index is 1.12. The smallest absolute Gasteiger partial charge is 0.186 e. The lowest BCUT2D eigenvalue weighted by atomic mass is 10.1. The maximum atomic E-state index is 5.86. The van der Waals surface area contributed by atoms with Crippen LogP contribution < -0.4 is 14.7 Å². The molecule has 0 aliphatic carbocycles. The van der Waals surface area contributed by atoms with Crippen LogP contribution in [0.25, 0.3) is 30.6 Å². The highest BCUT2D eigenvalue weighted by molar-refractivity contribution is 7.29. The number of nitrogens with zero attached hydrogens (tertiary/aromatic N) is 6. The third-order valence-corrected chi connectivity index (χ3v) is 23.4. The van der Waals surface area contributed by atoms with Crippen molar-refractivity contribution in [1.82, 2.24) is 15.0 Å². The standard InChI is InChI=1S/C81H150N6S3/c1-7-13-19-25-31-37-43-49-55-61-67-85(68-62-56-50-44-38-32-26-20-14-8-2)79-82-73-76(88-79)74-78(90-80(83-74)86(69-63-57-51-45-39-33-27-21-15-9-3)70-64-58-52-46-40-34-28-22-16-10-4)75-77(73)89-81(84-75)87(71-65-59-53-47-41-35-29-23-17-11-5)72-66-60-54-48-42-36-30-24-18-12-6/h7-72H2,1-6H3. The van der Waals surface area contributed by atoms with Crippen molar-refractivity contribution in [2.45, 2.75) is 427 Å². The van der Waals surface area contributed by atoms with E-state index in [4.69, 9.17) is 15.0 Å². The molecule has 0 saturated heterocycles. The number of rotatable bonds is 69. The molecule has 3 heterocycles. The lowest BCUT2D eigenvalue weighted by Gasteiger charge is -2.22. The van der Waals surface area contributed by atoms with Crippen LogP contribution in [0.4, 0.5) is 15.4 Å². The van der Waals surface area contributed by atoms with Gasteiger partial charge < -0.3 is 14.7 Å². The van der Waals surface area contributed by atoms with Crippen molar-refractivity contribution in [3.8, 4) is 0 Å². The molecule has 90 heavy (non-hydrogen) atoms. The second-order valence-electron chi connectivity index (χ2n) is 28.6. The normalized spacial score (nSPS) is 11.9. The van der Waals surface area contributed by atoms with Crippen LogP contribution in [0.5, 0.6) is 0 Å². The first kappa shape index (κ1) is 80.7. The van der Waals surface area contributed by atoms with Gasteiger partial charge in [0.15, 0.2) is 15.4 Å². The first-order valence-electron chi connectivity index (χ1n) is 40.9. The van der Waals surface area contributed by atoms with E-state index in [0.717, 1.165) is 39.3 Å². The first-order chi connectivity index (χ1) is 44.6. The third kappa shape index (κ3) is 37.0. The Balaban J connectivity index is 1.69. The number of hydrogen-bond donors (Lipinski definition) is 0. The molecule has 0 amide bonds. The van der Waals surface area contributed by atoms with Crippen LogP contribution in [0.2, 0.25) is 0 Å². The second kappa shape index (κ2) is 57.5. The van der Waals surface area contributed by atoms with Crippen molar-refractivity contribution in [3.63, 3.8) is 0 Å². The molecule has 0 saturated carbocycles. The highest BCUT2D eigenvalue weighted by Crippen LogP contribution is 2.47. The number of thiazole rings is 3. The maximum Gasteiger partial charge on any atom is 0.186 e. The molecule has 0 spiro atoms. The van der Waals surface area contributed by atoms with Crippen molar-refractivity contribution in [2.24, 2.45) is 0 Å². The number of aromatic nitrogens is 3. The Morgan fingerprint density at radius 3 is 0.433 bits per heavy atom. The summed E-state index contributed by atoms with van der Waals surface area (Å²) in [5, 5.41) is 3.74. The molecule has 4 rings (SSSR count). The fraction of sp³-hybridized carbons (Fsp3) is 0.889. The number of benzene rings is 1. The molecule has 6 nitrogen and oxygen atoms in total. The molecule has 0 atom stereocenters. The fourth-order valence-corrected chi connectivity index (χ4v) is 17.5. The van der Waals surface area contributed by atoms with Gasteiger partial charge in [-0.2, -0.15) is 0 Å². The summed E-state index contributed by atoms with van der Waals surface area (Å²) in [5.74, 6) is 0. The predicted molar refractivity (Wildman–Crippen MR) is 414 cm³/mol. The largest absolute Gasteiger partial charge is 0.348 e. The van der Waals surface area contributed by atoms with E-state index in [-0.39, 0.29) is 0 Å². The lowest BCUT2D eigenvalue weighted by molar-refractivity contribution is 0.543. The van der Waals surface area contributed by atoms with Crippen molar-refractivity contribution in [2.75, 3.05) is 54.0 Å². The quantitative estimate of drug-likeness (QED) is 0.0411. The average Bonchev–Trinajstić information content (AvgIpc) is 1.59. The summed E-state index contributed by atoms with van der Waals surface area (Å²) in [4.78, 5) is 25.8. The molecule has 3 aromatic heterocycles. The van der Waals surface area contributed by atoms with Gasteiger partial charge in [0.2, 0.25) is 0 Å². The molecule has 522 valence electrons. The Labute approximate surface area is 572 Å². The zero-order valence-electron chi connectivity index (χ0n) is 61.1. The monoisotopic (exact) mass is 1300 g/mol. The molecule has 1 aromatic carbocycles. The molecule has 9 heteroatoms. The Kier molecular flexibility index (Phi) is 51.6. The van der Waals surface area contributed by atoms with Gasteiger partial charge in [-0.25, -0.2) is 15.0 Å². The maximum absolute atomic E-state index is 5.86.